The molecular formula is C19H13F4IN7O-. The number of hydrogen-bond acceptors (Lipinski definition) is 7. The molecule has 2 saturated heterocycles. The van der Waals surface area contributed by atoms with E-state index in [1.165, 1.54) is 0 Å². The summed E-state index contributed by atoms with van der Waals surface area (Å²) in [6.45, 7) is 0. The summed E-state index contributed by atoms with van der Waals surface area (Å²) in [4.78, 5) is 26.0. The maximum absolute atomic E-state index is 13.5. The third-order valence-corrected chi connectivity index (χ3v) is 8.51. The first-order valence-corrected chi connectivity index (χ1v) is 11.8. The molecule has 1 N–H and O–H groups in total. The van der Waals surface area contributed by atoms with Gasteiger partial charge in [0.2, 0.25) is 0 Å². The topological polar surface area (TPSA) is 96.8 Å². The molecule has 32 heavy (non-hydrogen) atoms. The van der Waals surface area contributed by atoms with Gasteiger partial charge in [-0.15, -0.1) is 0 Å². The maximum atomic E-state index is 13.5. The molecule has 3 atom stereocenters. The Morgan fingerprint density at radius 1 is 1.19 bits per heavy atom. The molecule has 3 aromatic rings. The van der Waals surface area contributed by atoms with Crippen molar-refractivity contribution in [3.05, 3.63) is 54.4 Å². The average molecular weight is 558 g/mol. The summed E-state index contributed by atoms with van der Waals surface area (Å²) < 4.78 is 54.3. The van der Waals surface area contributed by atoms with E-state index in [9.17, 15) is 22.4 Å². The van der Waals surface area contributed by atoms with E-state index in [2.05, 4.69) is 30.5 Å². The first-order chi connectivity index (χ1) is 15.3. The van der Waals surface area contributed by atoms with Crippen LogP contribution in [0.2, 0.25) is 0 Å². The van der Waals surface area contributed by atoms with Crippen LogP contribution in [0, 0.1) is 5.82 Å². The van der Waals surface area contributed by atoms with Crippen LogP contribution < -0.4 is 31.4 Å². The molecule has 1 amide bonds. The zero-order chi connectivity index (χ0) is 22.5. The summed E-state index contributed by atoms with van der Waals surface area (Å²) in [5.74, 6) is -0.996. The van der Waals surface area contributed by atoms with E-state index < -0.39 is 35.1 Å². The van der Waals surface area contributed by atoms with E-state index >= 15 is 0 Å². The Bertz CT molecular complexity index is 1160. The number of carbonyl (C=O) groups excluding carboxylic acids is 1. The molecule has 13 heteroatoms. The predicted molar refractivity (Wildman–Crippen MR) is 99.3 cm³/mol. The summed E-state index contributed by atoms with van der Waals surface area (Å²) in [6, 6.07) is 4.03. The number of amides is 1. The summed E-state index contributed by atoms with van der Waals surface area (Å²) in [5, 5.41) is 10.6. The molecule has 0 aliphatic carbocycles. The molecule has 0 bridgehead atoms. The number of fused-ring (bicyclic) bond motifs is 1. The Morgan fingerprint density at radius 3 is 2.66 bits per heavy atom. The summed E-state index contributed by atoms with van der Waals surface area (Å²) in [5.41, 5.74) is -1.50. The Labute approximate surface area is 188 Å². The minimum absolute atomic E-state index is 0.0475. The second-order valence-electron chi connectivity index (χ2n) is 7.08. The SMILES string of the molecule is O=C(Nc1cc(-c2ncc(F)cn2)c(C(F)(F)F)cn1)[C@@H]1C[C@@H]2[I-][C@@H]2N1c1cccnn1. The summed E-state index contributed by atoms with van der Waals surface area (Å²) in [7, 11) is 0. The van der Waals surface area contributed by atoms with E-state index in [0.717, 1.165) is 18.5 Å². The van der Waals surface area contributed by atoms with Crippen LogP contribution >= 0.6 is 0 Å². The van der Waals surface area contributed by atoms with E-state index in [-0.39, 0.29) is 32.8 Å². The van der Waals surface area contributed by atoms with Crippen LogP contribution in [0.25, 0.3) is 11.4 Å². The van der Waals surface area contributed by atoms with Gasteiger partial charge in [-0.3, -0.25) is 0 Å². The Kier molecular flexibility index (Phi) is 5.14. The first kappa shape index (κ1) is 20.9. The van der Waals surface area contributed by atoms with E-state index in [0.29, 0.717) is 26.4 Å². The number of nitrogens with one attached hydrogen (secondary N) is 1. The fourth-order valence-corrected chi connectivity index (χ4v) is 6.71. The third kappa shape index (κ3) is 3.96. The number of rotatable bonds is 4. The van der Waals surface area contributed by atoms with Crippen molar-refractivity contribution < 1.29 is 43.6 Å². The van der Waals surface area contributed by atoms with Gasteiger partial charge >= 0.3 is 184 Å². The van der Waals surface area contributed by atoms with Gasteiger partial charge in [0.25, 0.3) is 0 Å². The fourth-order valence-electron chi connectivity index (χ4n) is 3.57. The van der Waals surface area contributed by atoms with Crippen LogP contribution in [0.15, 0.2) is 43.0 Å². The van der Waals surface area contributed by atoms with Gasteiger partial charge in [-0.25, -0.2) is 4.39 Å². The van der Waals surface area contributed by atoms with Gasteiger partial charge in [-0.05, 0) is 0 Å². The molecule has 0 spiro atoms. The van der Waals surface area contributed by atoms with Gasteiger partial charge in [0.1, 0.15) is 0 Å². The van der Waals surface area contributed by atoms with Crippen LogP contribution in [-0.4, -0.2) is 45.1 Å². The van der Waals surface area contributed by atoms with Crippen molar-refractivity contribution in [2.24, 2.45) is 0 Å². The van der Waals surface area contributed by atoms with Crippen molar-refractivity contribution in [3.8, 4) is 11.4 Å². The van der Waals surface area contributed by atoms with Gasteiger partial charge < -0.3 is 0 Å². The van der Waals surface area contributed by atoms with Gasteiger partial charge in [0, 0.05) is 0 Å². The number of halogens is 5. The molecule has 166 valence electrons. The number of nitrogens with zero attached hydrogens (tertiary/aromatic N) is 6. The zero-order valence-corrected chi connectivity index (χ0v) is 18.1. The fraction of sp³-hybridized carbons (Fsp3) is 0.263. The quantitative estimate of drug-likeness (QED) is 0.200. The third-order valence-electron chi connectivity index (χ3n) is 5.02. The van der Waals surface area contributed by atoms with Crippen LogP contribution in [0.4, 0.5) is 29.2 Å². The first-order valence-electron chi connectivity index (χ1n) is 9.35. The molecule has 0 saturated carbocycles. The molecule has 3 aromatic heterocycles. The molecule has 5 heterocycles. The van der Waals surface area contributed by atoms with E-state index in [1.54, 1.807) is 18.3 Å². The predicted octanol–water partition coefficient (Wildman–Crippen LogP) is -0.499. The Morgan fingerprint density at radius 2 is 1.97 bits per heavy atom. The molecule has 5 rings (SSSR count). The Hall–Kier alpha value is -2.97. The van der Waals surface area contributed by atoms with Crippen molar-refractivity contribution in [1.29, 1.82) is 0 Å². The van der Waals surface area contributed by atoms with Gasteiger partial charge in [0.15, 0.2) is 0 Å². The normalized spacial score (nSPS) is 22.1. The average Bonchev–Trinajstić information content (AvgIpc) is 3.43. The van der Waals surface area contributed by atoms with Gasteiger partial charge in [0.05, 0.1) is 0 Å². The molecule has 8 nitrogen and oxygen atoms in total. The monoisotopic (exact) mass is 558 g/mol. The number of hydrogen-bond donors (Lipinski definition) is 1. The van der Waals surface area contributed by atoms with Crippen LogP contribution in [0.1, 0.15) is 12.0 Å². The van der Waals surface area contributed by atoms with Crippen molar-refractivity contribution in [3.63, 3.8) is 0 Å². The Balaban J connectivity index is 1.43. The minimum atomic E-state index is -4.73. The molecular weight excluding hydrogens is 545 g/mol. The summed E-state index contributed by atoms with van der Waals surface area (Å²) in [6.07, 6.45) is -0.396. The number of alkyl halides is 5. The van der Waals surface area contributed by atoms with Gasteiger partial charge in [-0.1, -0.05) is 0 Å². The molecule has 2 aliphatic rings. The van der Waals surface area contributed by atoms with Crippen molar-refractivity contribution in [1.82, 2.24) is 25.1 Å². The van der Waals surface area contributed by atoms with Crippen LogP contribution in [0.3, 0.4) is 0 Å². The van der Waals surface area contributed by atoms with Crippen molar-refractivity contribution >= 4 is 17.5 Å². The number of pyridine rings is 1. The van der Waals surface area contributed by atoms with Crippen LogP contribution in [0.5, 0.6) is 0 Å². The molecule has 0 unspecified atom stereocenters. The zero-order valence-electron chi connectivity index (χ0n) is 16.0. The second kappa shape index (κ2) is 7.86. The van der Waals surface area contributed by atoms with E-state index in [4.69, 9.17) is 0 Å². The molecule has 0 aromatic carbocycles. The molecule has 0 radical (unpaired) electrons. The van der Waals surface area contributed by atoms with Gasteiger partial charge in [-0.2, -0.15) is 0 Å². The van der Waals surface area contributed by atoms with Crippen molar-refractivity contribution in [2.45, 2.75) is 26.6 Å². The number of carbonyl (C=O) groups is 1. The van der Waals surface area contributed by atoms with Crippen LogP contribution in [-0.2, 0) is 11.0 Å². The molecule has 2 fully saturated rings. The standard InChI is InChI=1S/C19H13F4IN7O/c20-9-6-26-17(27-7-9)10-4-14(25-8-11(10)19(21,22)23)29-18(32)13-5-12-16(24-12)31(13)15-2-1-3-28-30-15/h1-4,6-8,12-13,16H,5H2,(H,25,29,32)/q-1/t12-,13-,16+/m0/s1. The molecule has 2 aliphatic heterocycles. The summed E-state index contributed by atoms with van der Waals surface area (Å²) >= 11 is -0.0475. The second-order valence-corrected chi connectivity index (χ2v) is 10.7. The number of aromatic nitrogens is 5. The van der Waals surface area contributed by atoms with E-state index in [1.807, 2.05) is 4.90 Å². The number of anilines is 2. The van der Waals surface area contributed by atoms with Crippen molar-refractivity contribution in [2.75, 3.05) is 10.2 Å².